The van der Waals surface area contributed by atoms with Crippen LogP contribution in [0.4, 0.5) is 0 Å². The highest BCUT2D eigenvalue weighted by Crippen LogP contribution is 2.61. The van der Waals surface area contributed by atoms with Crippen molar-refractivity contribution in [1.29, 1.82) is 0 Å². The van der Waals surface area contributed by atoms with Crippen LogP contribution in [0.5, 0.6) is 0 Å². The van der Waals surface area contributed by atoms with Gasteiger partial charge in [-0.2, -0.15) is 0 Å². The van der Waals surface area contributed by atoms with Gasteiger partial charge in [-0.05, 0) is 88.9 Å². The third-order valence-electron chi connectivity index (χ3n) is 6.12. The van der Waals surface area contributed by atoms with Gasteiger partial charge >= 0.3 is 0 Å². The molecule has 2 N–H and O–H groups in total. The molecule has 1 atom stereocenters. The number of β-amino-alcohol motifs (C(OH)–C–C–N with tert-alkyl or cyclic N) is 1. The second kappa shape index (κ2) is 6.41. The van der Waals surface area contributed by atoms with Crippen LogP contribution in [-0.2, 0) is 4.74 Å². The first kappa shape index (κ1) is 16.7. The van der Waals surface area contributed by atoms with Crippen molar-refractivity contribution < 1.29 is 9.84 Å². The van der Waals surface area contributed by atoms with Crippen LogP contribution < -0.4 is 5.32 Å². The van der Waals surface area contributed by atoms with E-state index in [9.17, 15) is 5.11 Å². The molecular formula is C19H35NO2. The number of rotatable bonds is 7. The summed E-state index contributed by atoms with van der Waals surface area (Å²) in [5.74, 6) is 3.06. The summed E-state index contributed by atoms with van der Waals surface area (Å²) in [6, 6.07) is 0. The zero-order valence-corrected chi connectivity index (χ0v) is 14.7. The molecule has 0 unspecified atom stereocenters. The molecule has 0 aromatic carbocycles. The van der Waals surface area contributed by atoms with Gasteiger partial charge in [0.1, 0.15) is 0 Å². The van der Waals surface area contributed by atoms with Crippen LogP contribution >= 0.6 is 0 Å². The van der Waals surface area contributed by atoms with Crippen LogP contribution in [0.3, 0.4) is 0 Å². The van der Waals surface area contributed by atoms with E-state index in [4.69, 9.17) is 4.74 Å². The summed E-state index contributed by atoms with van der Waals surface area (Å²) in [4.78, 5) is 0. The number of nitrogens with one attached hydrogen (secondary N) is 1. The maximum atomic E-state index is 9.99. The first-order valence-corrected chi connectivity index (χ1v) is 9.34. The topological polar surface area (TPSA) is 41.5 Å². The number of hydrogen-bond acceptors (Lipinski definition) is 3. The van der Waals surface area contributed by atoms with Crippen molar-refractivity contribution >= 4 is 0 Å². The summed E-state index contributed by atoms with van der Waals surface area (Å²) in [5.41, 5.74) is 0.656. The Morgan fingerprint density at radius 3 is 2.14 bits per heavy atom. The Hall–Kier alpha value is -0.120. The lowest BCUT2D eigenvalue weighted by Crippen LogP contribution is -2.46. The summed E-state index contributed by atoms with van der Waals surface area (Å²) in [5, 5.41) is 13.3. The van der Waals surface area contributed by atoms with Crippen molar-refractivity contribution in [3.8, 4) is 0 Å². The molecule has 0 aromatic heterocycles. The maximum absolute atomic E-state index is 9.99. The Labute approximate surface area is 136 Å². The van der Waals surface area contributed by atoms with Gasteiger partial charge in [0.25, 0.3) is 0 Å². The van der Waals surface area contributed by atoms with Gasteiger partial charge in [-0.25, -0.2) is 0 Å². The molecule has 0 spiro atoms. The van der Waals surface area contributed by atoms with Crippen molar-refractivity contribution in [2.45, 2.75) is 77.4 Å². The van der Waals surface area contributed by atoms with Crippen molar-refractivity contribution in [1.82, 2.24) is 5.32 Å². The van der Waals surface area contributed by atoms with Crippen LogP contribution in [0.15, 0.2) is 0 Å². The van der Waals surface area contributed by atoms with Crippen molar-refractivity contribution in [3.63, 3.8) is 0 Å². The normalized spacial score (nSPS) is 38.5. The molecule has 4 saturated carbocycles. The van der Waals surface area contributed by atoms with Crippen LogP contribution in [0.1, 0.15) is 65.7 Å². The largest absolute Gasteiger partial charge is 0.389 e. The van der Waals surface area contributed by atoms with E-state index in [0.717, 1.165) is 24.4 Å². The van der Waals surface area contributed by atoms with Crippen LogP contribution in [0.2, 0.25) is 0 Å². The highest BCUT2D eigenvalue weighted by atomic mass is 16.5. The minimum Gasteiger partial charge on any atom is -0.389 e. The molecule has 0 aliphatic heterocycles. The molecule has 0 aromatic rings. The zero-order chi connectivity index (χ0) is 15.8. The fourth-order valence-corrected chi connectivity index (χ4v) is 5.59. The van der Waals surface area contributed by atoms with E-state index in [2.05, 4.69) is 26.1 Å². The van der Waals surface area contributed by atoms with Crippen LogP contribution in [0, 0.1) is 23.2 Å². The second-order valence-electron chi connectivity index (χ2n) is 9.53. The summed E-state index contributed by atoms with van der Waals surface area (Å²) >= 11 is 0. The lowest BCUT2D eigenvalue weighted by molar-refractivity contribution is -0.0731. The molecule has 0 radical (unpaired) electrons. The first-order chi connectivity index (χ1) is 10.3. The lowest BCUT2D eigenvalue weighted by atomic mass is 9.49. The monoisotopic (exact) mass is 309 g/mol. The van der Waals surface area contributed by atoms with E-state index in [1.807, 2.05) is 0 Å². The molecule has 4 fully saturated rings. The maximum Gasteiger partial charge on any atom is 0.0897 e. The molecule has 0 saturated heterocycles. The van der Waals surface area contributed by atoms with Gasteiger partial charge in [0.05, 0.1) is 12.7 Å². The number of hydrogen-bond donors (Lipinski definition) is 2. The Balaban J connectivity index is 1.35. The minimum absolute atomic E-state index is 0.0557. The fourth-order valence-electron chi connectivity index (χ4n) is 5.59. The third-order valence-corrected chi connectivity index (χ3v) is 6.12. The zero-order valence-electron chi connectivity index (χ0n) is 14.7. The summed E-state index contributed by atoms with van der Waals surface area (Å²) in [6.45, 7) is 8.27. The smallest absolute Gasteiger partial charge is 0.0897 e. The summed E-state index contributed by atoms with van der Waals surface area (Å²) < 4.78 is 5.81. The Bertz CT molecular complexity index is 339. The van der Waals surface area contributed by atoms with E-state index in [0.29, 0.717) is 18.6 Å². The van der Waals surface area contributed by atoms with E-state index < -0.39 is 6.10 Å². The summed E-state index contributed by atoms with van der Waals surface area (Å²) in [7, 11) is 0. The molecule has 0 heterocycles. The predicted octanol–water partition coefficient (Wildman–Crippen LogP) is 3.36. The van der Waals surface area contributed by atoms with Crippen molar-refractivity contribution in [3.05, 3.63) is 0 Å². The van der Waals surface area contributed by atoms with Crippen molar-refractivity contribution in [2.75, 3.05) is 19.8 Å². The molecule has 4 bridgehead atoms. The van der Waals surface area contributed by atoms with Crippen molar-refractivity contribution in [2.24, 2.45) is 23.2 Å². The molecule has 0 amide bonds. The first-order valence-electron chi connectivity index (χ1n) is 9.34. The van der Waals surface area contributed by atoms with Gasteiger partial charge in [-0.3, -0.25) is 0 Å². The Morgan fingerprint density at radius 1 is 1.09 bits per heavy atom. The average Bonchev–Trinajstić information content (AvgIpc) is 2.39. The summed E-state index contributed by atoms with van der Waals surface area (Å²) in [6.07, 6.45) is 9.72. The van der Waals surface area contributed by atoms with Gasteiger partial charge in [0.2, 0.25) is 0 Å². The molecule has 4 aliphatic rings. The van der Waals surface area contributed by atoms with Crippen LogP contribution in [0.25, 0.3) is 0 Å². The average molecular weight is 309 g/mol. The van der Waals surface area contributed by atoms with E-state index in [1.54, 1.807) is 0 Å². The van der Waals surface area contributed by atoms with Gasteiger partial charge in [-0.15, -0.1) is 0 Å². The number of ether oxygens (including phenoxy) is 1. The number of aliphatic hydroxyl groups excluding tert-OH is 1. The molecule has 3 nitrogen and oxygen atoms in total. The molecule has 4 rings (SSSR count). The Kier molecular flexibility index (Phi) is 4.87. The van der Waals surface area contributed by atoms with E-state index >= 15 is 0 Å². The SMILES string of the molecule is CC(C)(C)NC[C@@H](O)COCCC12CC3CC(CC(C3)C1)C2. The lowest BCUT2D eigenvalue weighted by Gasteiger charge is -2.57. The second-order valence-corrected chi connectivity index (χ2v) is 9.53. The molecule has 4 aliphatic carbocycles. The molecular weight excluding hydrogens is 274 g/mol. The van der Waals surface area contributed by atoms with Gasteiger partial charge in [0.15, 0.2) is 0 Å². The fraction of sp³-hybridized carbons (Fsp3) is 1.00. The quantitative estimate of drug-likeness (QED) is 0.709. The highest BCUT2D eigenvalue weighted by Gasteiger charge is 2.50. The highest BCUT2D eigenvalue weighted by molar-refractivity contribution is 5.01. The van der Waals surface area contributed by atoms with Gasteiger partial charge < -0.3 is 15.2 Å². The van der Waals surface area contributed by atoms with E-state index in [-0.39, 0.29) is 5.54 Å². The minimum atomic E-state index is -0.393. The molecule has 128 valence electrons. The number of aliphatic hydroxyl groups is 1. The molecule has 22 heavy (non-hydrogen) atoms. The van der Waals surface area contributed by atoms with Gasteiger partial charge in [-0.1, -0.05) is 0 Å². The van der Waals surface area contributed by atoms with Gasteiger partial charge in [0, 0.05) is 18.7 Å². The predicted molar refractivity (Wildman–Crippen MR) is 89.8 cm³/mol. The third kappa shape index (κ3) is 4.24. The Morgan fingerprint density at radius 2 is 1.64 bits per heavy atom. The van der Waals surface area contributed by atoms with E-state index in [1.165, 1.54) is 44.9 Å². The molecule has 3 heteroatoms. The standard InChI is InChI=1S/C19H35NO2/c1-18(2,3)20-12-17(21)13-22-5-4-19-9-14-6-15(10-19)8-16(7-14)11-19/h14-17,20-21H,4-13H2,1-3H3/t14?,15?,16?,17-,19?/m1/s1. The van der Waals surface area contributed by atoms with Crippen LogP contribution in [-0.4, -0.2) is 36.5 Å².